The molecule has 34 heavy (non-hydrogen) atoms. The maximum absolute atomic E-state index is 13.5. The van der Waals surface area contributed by atoms with Crippen molar-refractivity contribution in [3.63, 3.8) is 0 Å². The number of fused-ring (bicyclic) bond motifs is 1. The first-order valence-corrected chi connectivity index (χ1v) is 11.9. The molecule has 182 valence electrons. The molecule has 0 aliphatic carbocycles. The number of ether oxygens (including phenoxy) is 2. The monoisotopic (exact) mass is 496 g/mol. The van der Waals surface area contributed by atoms with E-state index in [1.165, 1.54) is 10.4 Å². The predicted molar refractivity (Wildman–Crippen MR) is 119 cm³/mol. The van der Waals surface area contributed by atoms with Crippen molar-refractivity contribution >= 4 is 26.5 Å². The lowest BCUT2D eigenvalue weighted by molar-refractivity contribution is -0.145. The van der Waals surface area contributed by atoms with Gasteiger partial charge in [0.1, 0.15) is 12.7 Å². The zero-order valence-corrected chi connectivity index (χ0v) is 19.3. The number of rotatable bonds is 6. The van der Waals surface area contributed by atoms with Crippen molar-refractivity contribution in [3.8, 4) is 5.88 Å². The van der Waals surface area contributed by atoms with Gasteiger partial charge in [0.2, 0.25) is 21.7 Å². The Morgan fingerprint density at radius 3 is 2.62 bits per heavy atom. The van der Waals surface area contributed by atoms with Crippen LogP contribution >= 0.6 is 0 Å². The number of alkyl halides is 3. The van der Waals surface area contributed by atoms with Gasteiger partial charge in [-0.25, -0.2) is 13.4 Å². The van der Waals surface area contributed by atoms with Gasteiger partial charge in [-0.15, -0.1) is 0 Å². The molecule has 4 rings (SSSR count). The summed E-state index contributed by atoms with van der Waals surface area (Å²) < 4.78 is 77.7. The van der Waals surface area contributed by atoms with Crippen LogP contribution in [0.4, 0.5) is 18.9 Å². The number of hydrogen-bond acceptors (Lipinski definition) is 7. The standard InChI is InChI=1S/C22H23F3N4O4S/c1-28(2)18-7-3-6-17-16(18)5-4-8-19(17)34(30,31)29-11-12-32-15(13-29)14-33-20-9-10-26-21(27-20)22(23,24)25/h3-10,15H,11-14H2,1-2H3. The lowest BCUT2D eigenvalue weighted by atomic mass is 10.1. The minimum absolute atomic E-state index is 0.0106. The zero-order valence-electron chi connectivity index (χ0n) is 18.5. The van der Waals surface area contributed by atoms with Crippen LogP contribution < -0.4 is 9.64 Å². The van der Waals surface area contributed by atoms with Crippen molar-refractivity contribution in [1.82, 2.24) is 14.3 Å². The van der Waals surface area contributed by atoms with Crippen LogP contribution in [0.2, 0.25) is 0 Å². The summed E-state index contributed by atoms with van der Waals surface area (Å²) in [5, 5.41) is 1.42. The van der Waals surface area contributed by atoms with Crippen LogP contribution in [-0.2, 0) is 20.9 Å². The van der Waals surface area contributed by atoms with Gasteiger partial charge in [0.25, 0.3) is 0 Å². The Hall–Kier alpha value is -2.96. The summed E-state index contributed by atoms with van der Waals surface area (Å²) in [4.78, 5) is 8.63. The van der Waals surface area contributed by atoms with Crippen molar-refractivity contribution in [3.05, 3.63) is 54.5 Å². The highest BCUT2D eigenvalue weighted by atomic mass is 32.2. The van der Waals surface area contributed by atoms with Crippen LogP contribution in [0.3, 0.4) is 0 Å². The predicted octanol–water partition coefficient (Wildman–Crippen LogP) is 3.18. The fourth-order valence-corrected chi connectivity index (χ4v) is 5.43. The second-order valence-electron chi connectivity index (χ2n) is 7.91. The molecule has 8 nitrogen and oxygen atoms in total. The summed E-state index contributed by atoms with van der Waals surface area (Å²) in [5.74, 6) is -1.58. The van der Waals surface area contributed by atoms with Gasteiger partial charge in [-0.1, -0.05) is 24.3 Å². The van der Waals surface area contributed by atoms with Gasteiger partial charge >= 0.3 is 6.18 Å². The van der Waals surface area contributed by atoms with E-state index in [2.05, 4.69) is 9.97 Å². The molecule has 0 saturated carbocycles. The number of nitrogens with zero attached hydrogens (tertiary/aromatic N) is 4. The van der Waals surface area contributed by atoms with Crippen LogP contribution in [-0.4, -0.2) is 69.2 Å². The smallest absolute Gasteiger partial charge is 0.451 e. The molecule has 1 aromatic heterocycles. The molecule has 0 amide bonds. The Morgan fingerprint density at radius 1 is 1.15 bits per heavy atom. The Kier molecular flexibility index (Phi) is 6.65. The van der Waals surface area contributed by atoms with Gasteiger partial charge in [-0.3, -0.25) is 0 Å². The minimum Gasteiger partial charge on any atom is -0.475 e. The number of halogens is 3. The summed E-state index contributed by atoms with van der Waals surface area (Å²) in [6.07, 6.45) is -4.43. The van der Waals surface area contributed by atoms with Gasteiger partial charge in [0.15, 0.2) is 0 Å². The lowest BCUT2D eigenvalue weighted by Gasteiger charge is -2.32. The molecule has 1 aliphatic rings. The van der Waals surface area contributed by atoms with Crippen LogP contribution in [0.15, 0.2) is 53.6 Å². The molecule has 3 aromatic rings. The first-order valence-electron chi connectivity index (χ1n) is 10.4. The molecule has 0 spiro atoms. The van der Waals surface area contributed by atoms with Crippen molar-refractivity contribution in [1.29, 1.82) is 0 Å². The van der Waals surface area contributed by atoms with E-state index in [1.54, 1.807) is 18.2 Å². The van der Waals surface area contributed by atoms with E-state index in [0.29, 0.717) is 5.39 Å². The highest BCUT2D eigenvalue weighted by molar-refractivity contribution is 7.89. The molecular weight excluding hydrogens is 473 g/mol. The molecule has 12 heteroatoms. The molecule has 0 radical (unpaired) electrons. The Labute approximate surface area is 195 Å². The quantitative estimate of drug-likeness (QED) is 0.518. The molecular formula is C22H23F3N4O4S. The summed E-state index contributed by atoms with van der Waals surface area (Å²) >= 11 is 0. The van der Waals surface area contributed by atoms with Gasteiger partial charge in [-0.05, 0) is 12.1 Å². The van der Waals surface area contributed by atoms with E-state index in [0.717, 1.165) is 17.3 Å². The topological polar surface area (TPSA) is 84.9 Å². The fourth-order valence-electron chi connectivity index (χ4n) is 3.77. The second-order valence-corrected chi connectivity index (χ2v) is 9.81. The van der Waals surface area contributed by atoms with Crippen LogP contribution in [0.5, 0.6) is 5.88 Å². The number of benzene rings is 2. The highest BCUT2D eigenvalue weighted by Gasteiger charge is 2.35. The Morgan fingerprint density at radius 2 is 1.88 bits per heavy atom. The molecule has 0 N–H and O–H groups in total. The van der Waals surface area contributed by atoms with Gasteiger partial charge in [-0.2, -0.15) is 22.5 Å². The van der Waals surface area contributed by atoms with Gasteiger partial charge < -0.3 is 14.4 Å². The Bertz CT molecular complexity index is 1280. The summed E-state index contributed by atoms with van der Waals surface area (Å²) in [7, 11) is -0.0947. The lowest BCUT2D eigenvalue weighted by Crippen LogP contribution is -2.47. The van der Waals surface area contributed by atoms with E-state index in [1.807, 2.05) is 37.2 Å². The average molecular weight is 497 g/mol. The third-order valence-corrected chi connectivity index (χ3v) is 7.28. The zero-order chi connectivity index (χ0) is 24.5. The average Bonchev–Trinajstić information content (AvgIpc) is 2.81. The summed E-state index contributed by atoms with van der Waals surface area (Å²) in [6.45, 7) is 0.0941. The molecule has 0 bridgehead atoms. The van der Waals surface area contributed by atoms with E-state index in [9.17, 15) is 21.6 Å². The third kappa shape index (κ3) is 4.93. The normalized spacial score (nSPS) is 17.6. The van der Waals surface area contributed by atoms with Crippen molar-refractivity contribution in [2.75, 3.05) is 45.3 Å². The molecule has 2 aromatic carbocycles. The molecule has 1 fully saturated rings. The first-order chi connectivity index (χ1) is 16.1. The molecule has 1 aliphatic heterocycles. The van der Waals surface area contributed by atoms with Crippen LogP contribution in [0.1, 0.15) is 5.82 Å². The van der Waals surface area contributed by atoms with E-state index < -0.39 is 28.1 Å². The molecule has 1 atom stereocenters. The SMILES string of the molecule is CN(C)c1cccc2c(S(=O)(=O)N3CCOC(COc4ccnc(C(F)(F)F)n4)C3)cccc12. The third-order valence-electron chi connectivity index (χ3n) is 5.36. The molecule has 1 saturated heterocycles. The molecule has 1 unspecified atom stereocenters. The van der Waals surface area contributed by atoms with Crippen LogP contribution in [0.25, 0.3) is 10.8 Å². The summed E-state index contributed by atoms with van der Waals surface area (Å²) in [6, 6.07) is 11.8. The van der Waals surface area contributed by atoms with Crippen molar-refractivity contribution in [2.45, 2.75) is 17.2 Å². The number of morpholine rings is 1. The van der Waals surface area contributed by atoms with Crippen molar-refractivity contribution in [2.24, 2.45) is 0 Å². The molecule has 2 heterocycles. The number of hydrogen-bond donors (Lipinski definition) is 0. The van der Waals surface area contributed by atoms with E-state index in [-0.39, 0.29) is 37.1 Å². The fraction of sp³-hybridized carbons (Fsp3) is 0.364. The minimum atomic E-state index is -4.70. The highest BCUT2D eigenvalue weighted by Crippen LogP contribution is 2.32. The number of anilines is 1. The Balaban J connectivity index is 1.53. The largest absolute Gasteiger partial charge is 0.475 e. The number of aromatic nitrogens is 2. The van der Waals surface area contributed by atoms with Crippen molar-refractivity contribution < 1.29 is 31.1 Å². The maximum atomic E-state index is 13.5. The van der Waals surface area contributed by atoms with E-state index in [4.69, 9.17) is 9.47 Å². The maximum Gasteiger partial charge on any atom is 0.451 e. The first kappa shape index (κ1) is 24.2. The number of sulfonamides is 1. The van der Waals surface area contributed by atoms with Gasteiger partial charge in [0.05, 0.1) is 11.5 Å². The van der Waals surface area contributed by atoms with E-state index >= 15 is 0 Å². The van der Waals surface area contributed by atoms with Gasteiger partial charge in [0, 0.05) is 55.9 Å². The second kappa shape index (κ2) is 9.35. The van der Waals surface area contributed by atoms with Crippen LogP contribution in [0, 0.1) is 0 Å². The summed E-state index contributed by atoms with van der Waals surface area (Å²) in [5.41, 5.74) is 0.894.